The van der Waals surface area contributed by atoms with Crippen molar-refractivity contribution in [2.24, 2.45) is 5.92 Å². The summed E-state index contributed by atoms with van der Waals surface area (Å²) < 4.78 is 1.85. The van der Waals surface area contributed by atoms with E-state index in [1.165, 1.54) is 44.9 Å². The molecule has 4 heteroatoms. The molecule has 1 aliphatic carbocycles. The first kappa shape index (κ1) is 16.6. The third kappa shape index (κ3) is 3.87. The number of hydrogen-bond donors (Lipinski definition) is 0. The lowest BCUT2D eigenvalue weighted by Crippen LogP contribution is -2.06. The maximum atomic E-state index is 6.14. The summed E-state index contributed by atoms with van der Waals surface area (Å²) >= 11 is 6.14. The highest BCUT2D eigenvalue weighted by atomic mass is 35.5. The number of nitrogens with zero attached hydrogens (tertiary/aromatic N) is 3. The Labute approximate surface area is 154 Å². The molecule has 130 valence electrons. The Kier molecular flexibility index (Phi) is 5.02. The van der Waals surface area contributed by atoms with Crippen molar-refractivity contribution in [2.75, 3.05) is 0 Å². The van der Waals surface area contributed by atoms with Crippen molar-refractivity contribution >= 4 is 17.2 Å². The Morgan fingerprint density at radius 2 is 2.00 bits per heavy atom. The molecular formula is C21H24ClN3. The summed E-state index contributed by atoms with van der Waals surface area (Å²) in [4.78, 5) is 4.88. The van der Waals surface area contributed by atoms with E-state index in [1.807, 2.05) is 35.1 Å². The lowest BCUT2D eigenvalue weighted by molar-refractivity contribution is 0.332. The summed E-state index contributed by atoms with van der Waals surface area (Å²) in [6.45, 7) is 0. The second-order valence-corrected chi connectivity index (χ2v) is 7.59. The van der Waals surface area contributed by atoms with Crippen LogP contribution in [0.3, 0.4) is 0 Å². The molecule has 1 aromatic carbocycles. The summed E-state index contributed by atoms with van der Waals surface area (Å²) in [6.07, 6.45) is 14.6. The fraction of sp³-hybridized carbons (Fsp3) is 0.429. The number of benzene rings is 1. The maximum Gasteiger partial charge on any atom is 0.163 e. The molecule has 0 aliphatic heterocycles. The minimum Gasteiger partial charge on any atom is -0.233 e. The largest absolute Gasteiger partial charge is 0.233 e. The van der Waals surface area contributed by atoms with Crippen LogP contribution < -0.4 is 0 Å². The van der Waals surface area contributed by atoms with Crippen LogP contribution >= 0.6 is 11.6 Å². The van der Waals surface area contributed by atoms with Crippen LogP contribution in [0.5, 0.6) is 0 Å². The van der Waals surface area contributed by atoms with Crippen molar-refractivity contribution in [3.8, 4) is 11.1 Å². The second-order valence-electron chi connectivity index (χ2n) is 7.15. The molecule has 0 N–H and O–H groups in total. The normalized spacial score (nSPS) is 15.7. The van der Waals surface area contributed by atoms with Gasteiger partial charge in [0.25, 0.3) is 0 Å². The SMILES string of the molecule is Clc1cccc(-c2cnn3ccc(CCCC4CCCCC4)nc23)c1. The molecule has 1 saturated carbocycles. The van der Waals surface area contributed by atoms with E-state index in [0.29, 0.717) is 0 Å². The van der Waals surface area contributed by atoms with Crippen LogP contribution in [0.4, 0.5) is 0 Å². The van der Waals surface area contributed by atoms with E-state index >= 15 is 0 Å². The number of aromatic nitrogens is 3. The van der Waals surface area contributed by atoms with Gasteiger partial charge in [0.1, 0.15) is 0 Å². The molecule has 0 bridgehead atoms. The molecule has 0 unspecified atom stereocenters. The van der Waals surface area contributed by atoms with Crippen LogP contribution in [0.15, 0.2) is 42.7 Å². The van der Waals surface area contributed by atoms with Crippen molar-refractivity contribution in [1.82, 2.24) is 14.6 Å². The van der Waals surface area contributed by atoms with Crippen LogP contribution in [-0.2, 0) is 6.42 Å². The zero-order valence-electron chi connectivity index (χ0n) is 14.5. The number of fused-ring (bicyclic) bond motifs is 1. The average molecular weight is 354 g/mol. The molecule has 0 atom stereocenters. The monoisotopic (exact) mass is 353 g/mol. The van der Waals surface area contributed by atoms with Gasteiger partial charge in [-0.2, -0.15) is 5.10 Å². The first-order valence-electron chi connectivity index (χ1n) is 9.39. The van der Waals surface area contributed by atoms with Gasteiger partial charge in [0.2, 0.25) is 0 Å². The molecule has 1 aliphatic rings. The third-order valence-electron chi connectivity index (χ3n) is 5.33. The summed E-state index contributed by atoms with van der Waals surface area (Å²) in [6, 6.07) is 9.98. The molecule has 0 amide bonds. The van der Waals surface area contributed by atoms with Gasteiger partial charge in [0, 0.05) is 22.5 Å². The minimum atomic E-state index is 0.737. The number of halogens is 1. The Hall–Kier alpha value is -1.87. The van der Waals surface area contributed by atoms with Crippen molar-refractivity contribution in [2.45, 2.75) is 51.4 Å². The molecule has 2 heterocycles. The quantitative estimate of drug-likeness (QED) is 0.567. The highest BCUT2D eigenvalue weighted by Gasteiger charge is 2.13. The molecule has 3 aromatic rings. The van der Waals surface area contributed by atoms with Gasteiger partial charge in [-0.3, -0.25) is 0 Å². The van der Waals surface area contributed by atoms with Crippen LogP contribution in [0.2, 0.25) is 5.02 Å². The zero-order chi connectivity index (χ0) is 17.1. The topological polar surface area (TPSA) is 30.2 Å². The summed E-state index contributed by atoms with van der Waals surface area (Å²) in [5.74, 6) is 0.939. The lowest BCUT2D eigenvalue weighted by Gasteiger charge is -2.21. The smallest absolute Gasteiger partial charge is 0.163 e. The minimum absolute atomic E-state index is 0.737. The molecule has 2 aromatic heterocycles. The first-order valence-corrected chi connectivity index (χ1v) is 9.76. The van der Waals surface area contributed by atoms with Crippen molar-refractivity contribution in [3.63, 3.8) is 0 Å². The van der Waals surface area contributed by atoms with Gasteiger partial charge in [0.05, 0.1) is 6.20 Å². The van der Waals surface area contributed by atoms with Crippen molar-refractivity contribution < 1.29 is 0 Å². The van der Waals surface area contributed by atoms with E-state index in [1.54, 1.807) is 0 Å². The molecule has 4 rings (SSSR count). The zero-order valence-corrected chi connectivity index (χ0v) is 15.3. The molecule has 0 spiro atoms. The summed E-state index contributed by atoms with van der Waals surface area (Å²) in [5, 5.41) is 5.17. The third-order valence-corrected chi connectivity index (χ3v) is 5.57. The Balaban J connectivity index is 1.50. The van der Waals surface area contributed by atoms with Crippen LogP contribution in [0.1, 0.15) is 50.6 Å². The summed E-state index contributed by atoms with van der Waals surface area (Å²) in [7, 11) is 0. The Bertz CT molecular complexity index is 849. The second kappa shape index (κ2) is 7.57. The van der Waals surface area contributed by atoms with E-state index in [0.717, 1.165) is 39.8 Å². The molecule has 3 nitrogen and oxygen atoms in total. The first-order chi connectivity index (χ1) is 12.3. The number of rotatable bonds is 5. The molecular weight excluding hydrogens is 330 g/mol. The van der Waals surface area contributed by atoms with E-state index in [2.05, 4.69) is 17.2 Å². The van der Waals surface area contributed by atoms with Gasteiger partial charge >= 0.3 is 0 Å². The fourth-order valence-corrected chi connectivity index (χ4v) is 4.14. The Morgan fingerprint density at radius 1 is 1.12 bits per heavy atom. The van der Waals surface area contributed by atoms with Gasteiger partial charge in [-0.15, -0.1) is 0 Å². The van der Waals surface area contributed by atoms with Gasteiger partial charge in [-0.25, -0.2) is 9.50 Å². The van der Waals surface area contributed by atoms with Gasteiger partial charge in [-0.05, 0) is 42.5 Å². The van der Waals surface area contributed by atoms with Crippen LogP contribution in [0, 0.1) is 5.92 Å². The van der Waals surface area contributed by atoms with E-state index in [4.69, 9.17) is 16.6 Å². The molecule has 25 heavy (non-hydrogen) atoms. The Morgan fingerprint density at radius 3 is 2.84 bits per heavy atom. The maximum absolute atomic E-state index is 6.14. The van der Waals surface area contributed by atoms with Crippen molar-refractivity contribution in [3.05, 3.63) is 53.4 Å². The van der Waals surface area contributed by atoms with Gasteiger partial charge in [-0.1, -0.05) is 62.3 Å². The van der Waals surface area contributed by atoms with Gasteiger partial charge in [0.15, 0.2) is 5.65 Å². The number of hydrogen-bond acceptors (Lipinski definition) is 2. The highest BCUT2D eigenvalue weighted by molar-refractivity contribution is 6.30. The fourth-order valence-electron chi connectivity index (χ4n) is 3.95. The highest BCUT2D eigenvalue weighted by Crippen LogP contribution is 2.28. The summed E-state index contributed by atoms with van der Waals surface area (Å²) in [5.41, 5.74) is 4.18. The van der Waals surface area contributed by atoms with E-state index in [9.17, 15) is 0 Å². The van der Waals surface area contributed by atoms with Crippen molar-refractivity contribution in [1.29, 1.82) is 0 Å². The van der Waals surface area contributed by atoms with Gasteiger partial charge < -0.3 is 0 Å². The predicted octanol–water partition coefficient (Wildman–Crippen LogP) is 5.95. The lowest BCUT2D eigenvalue weighted by atomic mass is 9.85. The van der Waals surface area contributed by atoms with E-state index < -0.39 is 0 Å². The van der Waals surface area contributed by atoms with Crippen LogP contribution in [0.25, 0.3) is 16.8 Å². The average Bonchev–Trinajstić information content (AvgIpc) is 3.06. The molecule has 0 radical (unpaired) electrons. The number of aryl methyl sites for hydroxylation is 1. The van der Waals surface area contributed by atoms with Crippen LogP contribution in [-0.4, -0.2) is 14.6 Å². The van der Waals surface area contributed by atoms with E-state index in [-0.39, 0.29) is 0 Å². The molecule has 1 fully saturated rings. The standard InChI is InChI=1S/C21H24ClN3/c22-18-10-5-9-17(14-18)20-15-23-25-13-12-19(24-21(20)25)11-4-8-16-6-2-1-3-7-16/h5,9-10,12-16H,1-4,6-8,11H2. The molecule has 0 saturated heterocycles. The predicted molar refractivity (Wildman–Crippen MR) is 103 cm³/mol.